The Morgan fingerprint density at radius 3 is 1.76 bits per heavy atom. The van der Waals surface area contributed by atoms with Gasteiger partial charge in [0.25, 0.3) is 0 Å². The van der Waals surface area contributed by atoms with Gasteiger partial charge in [0.15, 0.2) is 0 Å². The van der Waals surface area contributed by atoms with Crippen molar-refractivity contribution in [2.45, 2.75) is 42.0 Å². The number of ether oxygens (including phenoxy) is 2. The van der Waals surface area contributed by atoms with E-state index in [1.807, 2.05) is 60.7 Å². The number of hydrogen-bond acceptors (Lipinski definition) is 5. The molecule has 2 heterocycles. The molecule has 1 aliphatic carbocycles. The number of halogens is 2. The van der Waals surface area contributed by atoms with E-state index in [-0.39, 0.29) is 30.6 Å². The SMILES string of the molecule is COc1ccc(C2(O)C(OC)C3(CC24C(=O)N(Cc2ccccc2)c2ccc(F)cc24)C(=O)N(Cc2ccccc2)c2ccc(F)cc23)cc1. The van der Waals surface area contributed by atoms with E-state index >= 15 is 18.4 Å². The number of amides is 2. The van der Waals surface area contributed by atoms with E-state index in [0.717, 1.165) is 11.1 Å². The van der Waals surface area contributed by atoms with Crippen molar-refractivity contribution in [3.8, 4) is 5.75 Å². The summed E-state index contributed by atoms with van der Waals surface area (Å²) in [5.41, 5.74) is -2.69. The van der Waals surface area contributed by atoms with Crippen molar-refractivity contribution in [3.63, 3.8) is 0 Å². The number of fused-ring (bicyclic) bond motifs is 4. The van der Waals surface area contributed by atoms with Crippen LogP contribution in [0.5, 0.6) is 5.75 Å². The third-order valence-electron chi connectivity index (χ3n) is 10.8. The molecule has 5 aromatic carbocycles. The lowest BCUT2D eigenvalue weighted by Crippen LogP contribution is -2.58. The summed E-state index contributed by atoms with van der Waals surface area (Å²) < 4.78 is 42.5. The Labute approximate surface area is 288 Å². The highest BCUT2D eigenvalue weighted by molar-refractivity contribution is 6.14. The summed E-state index contributed by atoms with van der Waals surface area (Å²) in [5, 5.41) is 13.6. The fourth-order valence-electron chi connectivity index (χ4n) is 8.76. The maximum Gasteiger partial charge on any atom is 0.241 e. The summed E-state index contributed by atoms with van der Waals surface area (Å²) in [7, 11) is 2.89. The Hall–Kier alpha value is -5.38. The fraction of sp³-hybridized carbons (Fsp3) is 0.220. The molecule has 2 amide bonds. The average molecular weight is 673 g/mol. The average Bonchev–Trinajstić information content (AvgIpc) is 3.62. The number of hydrogen-bond donors (Lipinski definition) is 1. The van der Waals surface area contributed by atoms with Crippen molar-refractivity contribution < 1.29 is 33.0 Å². The zero-order valence-electron chi connectivity index (χ0n) is 27.5. The standard InChI is InChI=1S/C41H34F2N2O5/c1-49-31-17-13-28(14-18-31)41(48)36(50-2)39(32-21-29(42)15-19-34(32)44(37(39)46)23-26-9-5-3-6-10-26)25-40(41)33-22-30(43)16-20-35(33)45(38(40)47)24-27-11-7-4-8-12-27/h3-22,36,48H,23-25H2,1-2H3. The lowest BCUT2D eigenvalue weighted by molar-refractivity contribution is -0.153. The van der Waals surface area contributed by atoms with Crippen molar-refractivity contribution in [2.24, 2.45) is 0 Å². The van der Waals surface area contributed by atoms with Crippen LogP contribution in [0.15, 0.2) is 121 Å². The van der Waals surface area contributed by atoms with Crippen molar-refractivity contribution in [1.82, 2.24) is 0 Å². The summed E-state index contributed by atoms with van der Waals surface area (Å²) >= 11 is 0. The summed E-state index contributed by atoms with van der Waals surface area (Å²) in [4.78, 5) is 33.8. The van der Waals surface area contributed by atoms with Gasteiger partial charge >= 0.3 is 0 Å². The highest BCUT2D eigenvalue weighted by Crippen LogP contribution is 2.69. The predicted molar refractivity (Wildman–Crippen MR) is 184 cm³/mol. The summed E-state index contributed by atoms with van der Waals surface area (Å²) in [6, 6.07) is 33.5. The monoisotopic (exact) mass is 672 g/mol. The Balaban J connectivity index is 1.41. The number of nitrogens with zero attached hydrogens (tertiary/aromatic N) is 2. The summed E-state index contributed by atoms with van der Waals surface area (Å²) in [6.07, 6.45) is -1.74. The lowest BCUT2D eigenvalue weighted by atomic mass is 9.66. The first-order valence-corrected chi connectivity index (χ1v) is 16.4. The second kappa shape index (κ2) is 11.6. The molecular weight excluding hydrogens is 638 g/mol. The first-order valence-electron chi connectivity index (χ1n) is 16.4. The van der Waals surface area contributed by atoms with Gasteiger partial charge in [-0.3, -0.25) is 9.59 Å². The molecule has 1 N–H and O–H groups in total. The Morgan fingerprint density at radius 1 is 0.700 bits per heavy atom. The van der Waals surface area contributed by atoms with E-state index in [1.54, 1.807) is 35.2 Å². The van der Waals surface area contributed by atoms with Gasteiger partial charge in [-0.15, -0.1) is 0 Å². The molecule has 8 rings (SSSR count). The number of benzene rings is 5. The van der Waals surface area contributed by atoms with Gasteiger partial charge < -0.3 is 24.4 Å². The van der Waals surface area contributed by atoms with Crippen molar-refractivity contribution >= 4 is 23.2 Å². The maximum absolute atomic E-state index is 15.5. The number of methoxy groups -OCH3 is 2. The summed E-state index contributed by atoms with van der Waals surface area (Å²) in [6.45, 7) is 0.284. The quantitative estimate of drug-likeness (QED) is 0.212. The van der Waals surface area contributed by atoms with Gasteiger partial charge in [0, 0.05) is 18.5 Å². The van der Waals surface area contributed by atoms with Gasteiger partial charge in [0.05, 0.1) is 20.2 Å². The molecule has 1 fully saturated rings. The van der Waals surface area contributed by atoms with Gasteiger partial charge in [-0.05, 0) is 82.8 Å². The molecule has 0 radical (unpaired) electrons. The largest absolute Gasteiger partial charge is 0.497 e. The molecule has 3 aliphatic rings. The number of rotatable bonds is 7. The number of carbonyl (C=O) groups excluding carboxylic acids is 2. The van der Waals surface area contributed by atoms with Crippen LogP contribution in [0.25, 0.3) is 0 Å². The van der Waals surface area contributed by atoms with Gasteiger partial charge in [0.1, 0.15) is 39.9 Å². The Kier molecular flexibility index (Phi) is 7.40. The van der Waals surface area contributed by atoms with Crippen LogP contribution >= 0.6 is 0 Å². The Morgan fingerprint density at radius 2 is 1.22 bits per heavy atom. The minimum Gasteiger partial charge on any atom is -0.497 e. The first kappa shape index (κ1) is 31.9. The van der Waals surface area contributed by atoms with Crippen LogP contribution in [-0.2, 0) is 43.8 Å². The minimum absolute atomic E-state index is 0.128. The maximum atomic E-state index is 15.5. The zero-order chi connectivity index (χ0) is 34.8. The zero-order valence-corrected chi connectivity index (χ0v) is 27.5. The van der Waals surface area contributed by atoms with Gasteiger partial charge in [0.2, 0.25) is 11.8 Å². The van der Waals surface area contributed by atoms with Gasteiger partial charge in [-0.25, -0.2) is 8.78 Å². The molecule has 1 saturated carbocycles. The highest BCUT2D eigenvalue weighted by Gasteiger charge is 2.80. The second-order valence-electron chi connectivity index (χ2n) is 13.2. The lowest BCUT2D eigenvalue weighted by Gasteiger charge is -2.42. The van der Waals surface area contributed by atoms with Crippen LogP contribution in [-0.4, -0.2) is 37.2 Å². The third-order valence-corrected chi connectivity index (χ3v) is 10.8. The predicted octanol–water partition coefficient (Wildman–Crippen LogP) is 6.55. The molecule has 4 unspecified atom stereocenters. The van der Waals surface area contributed by atoms with E-state index in [2.05, 4.69) is 0 Å². The van der Waals surface area contributed by atoms with E-state index in [0.29, 0.717) is 22.7 Å². The van der Waals surface area contributed by atoms with E-state index in [1.165, 1.54) is 49.5 Å². The topological polar surface area (TPSA) is 79.3 Å². The molecule has 5 aromatic rings. The van der Waals surface area contributed by atoms with Crippen LogP contribution in [0.2, 0.25) is 0 Å². The third kappa shape index (κ3) is 4.26. The van der Waals surface area contributed by atoms with Crippen LogP contribution in [0.3, 0.4) is 0 Å². The summed E-state index contributed by atoms with van der Waals surface area (Å²) in [5.74, 6) is -1.67. The van der Waals surface area contributed by atoms with Crippen LogP contribution in [0, 0.1) is 11.6 Å². The molecule has 0 aromatic heterocycles. The number of anilines is 2. The van der Waals surface area contributed by atoms with Crippen LogP contribution < -0.4 is 14.5 Å². The molecule has 7 nitrogen and oxygen atoms in total. The smallest absolute Gasteiger partial charge is 0.241 e. The van der Waals surface area contributed by atoms with Crippen LogP contribution in [0.1, 0.15) is 34.2 Å². The first-order chi connectivity index (χ1) is 24.2. The van der Waals surface area contributed by atoms with Gasteiger partial charge in [-0.2, -0.15) is 0 Å². The normalized spacial score (nSPS) is 25.1. The van der Waals surface area contributed by atoms with Crippen molar-refractivity contribution in [1.29, 1.82) is 0 Å². The minimum atomic E-state index is -2.26. The molecule has 2 aliphatic heterocycles. The number of carbonyl (C=O) groups is 2. The molecule has 0 saturated heterocycles. The molecule has 9 heteroatoms. The van der Waals surface area contributed by atoms with Crippen molar-refractivity contribution in [2.75, 3.05) is 24.0 Å². The molecule has 252 valence electrons. The Bertz CT molecular complexity index is 2130. The fourth-order valence-corrected chi connectivity index (χ4v) is 8.76. The van der Waals surface area contributed by atoms with E-state index in [9.17, 15) is 5.11 Å². The van der Waals surface area contributed by atoms with Gasteiger partial charge in [-0.1, -0.05) is 72.8 Å². The highest BCUT2D eigenvalue weighted by atomic mass is 19.1. The van der Waals surface area contributed by atoms with E-state index < -0.39 is 46.0 Å². The van der Waals surface area contributed by atoms with Crippen molar-refractivity contribution in [3.05, 3.63) is 161 Å². The molecular formula is C41H34F2N2O5. The molecule has 4 atom stereocenters. The molecule has 50 heavy (non-hydrogen) atoms. The van der Waals surface area contributed by atoms with E-state index in [4.69, 9.17) is 9.47 Å². The second-order valence-corrected chi connectivity index (χ2v) is 13.2. The van der Waals surface area contributed by atoms with Crippen LogP contribution in [0.4, 0.5) is 20.2 Å². The molecule has 0 bridgehead atoms. The molecule has 2 spiro atoms. The number of aliphatic hydroxyl groups is 1.